The Morgan fingerprint density at radius 3 is 2.44 bits per heavy atom. The molecule has 1 atom stereocenters. The molecule has 1 N–H and O–H groups in total. The predicted molar refractivity (Wildman–Crippen MR) is 81.6 cm³/mol. The van der Waals surface area contributed by atoms with Crippen LogP contribution < -0.4 is 5.32 Å². The highest BCUT2D eigenvalue weighted by molar-refractivity contribution is 5.76. The molecular weight excluding hydrogens is 341 g/mol. The summed E-state index contributed by atoms with van der Waals surface area (Å²) in [6.07, 6.45) is -4.98. The summed E-state index contributed by atoms with van der Waals surface area (Å²) in [4.78, 5) is 21.8. The SMILES string of the molecule is Cc1c([N+](=O)[O-])c(C(F)(F)F)nn1CC(=O)NC(C)c1ccccc1. The minimum Gasteiger partial charge on any atom is -0.348 e. The molecule has 0 saturated carbocycles. The van der Waals surface area contributed by atoms with E-state index in [0.717, 1.165) is 12.5 Å². The number of nitrogens with zero attached hydrogens (tertiary/aromatic N) is 3. The second-order valence-corrected chi connectivity index (χ2v) is 5.40. The van der Waals surface area contributed by atoms with Gasteiger partial charge in [-0.25, -0.2) is 0 Å². The number of benzene rings is 1. The Balaban J connectivity index is 2.20. The first-order valence-electron chi connectivity index (χ1n) is 7.24. The summed E-state index contributed by atoms with van der Waals surface area (Å²) >= 11 is 0. The number of carbonyl (C=O) groups excluding carboxylic acids is 1. The minimum atomic E-state index is -4.98. The maximum absolute atomic E-state index is 12.9. The summed E-state index contributed by atoms with van der Waals surface area (Å²) in [6.45, 7) is 2.28. The fourth-order valence-corrected chi connectivity index (χ4v) is 2.35. The van der Waals surface area contributed by atoms with Crippen LogP contribution in [0.1, 0.15) is 29.9 Å². The van der Waals surface area contributed by atoms with Crippen molar-refractivity contribution >= 4 is 11.6 Å². The topological polar surface area (TPSA) is 90.1 Å². The first-order chi connectivity index (χ1) is 11.6. The van der Waals surface area contributed by atoms with Crippen molar-refractivity contribution in [2.75, 3.05) is 0 Å². The van der Waals surface area contributed by atoms with Gasteiger partial charge in [0.25, 0.3) is 0 Å². The third kappa shape index (κ3) is 4.14. The van der Waals surface area contributed by atoms with Crippen LogP contribution in [0, 0.1) is 17.0 Å². The monoisotopic (exact) mass is 356 g/mol. The summed E-state index contributed by atoms with van der Waals surface area (Å²) < 4.78 is 39.4. The lowest BCUT2D eigenvalue weighted by molar-refractivity contribution is -0.388. The van der Waals surface area contributed by atoms with Crippen molar-refractivity contribution < 1.29 is 22.9 Å². The van der Waals surface area contributed by atoms with Crippen LogP contribution in [0.5, 0.6) is 0 Å². The summed E-state index contributed by atoms with van der Waals surface area (Å²) in [7, 11) is 0. The molecule has 2 rings (SSSR count). The number of amides is 1. The second kappa shape index (κ2) is 6.91. The first kappa shape index (κ1) is 18.4. The lowest BCUT2D eigenvalue weighted by Crippen LogP contribution is -2.30. The van der Waals surface area contributed by atoms with E-state index >= 15 is 0 Å². The van der Waals surface area contributed by atoms with Crippen molar-refractivity contribution in [1.29, 1.82) is 0 Å². The Morgan fingerprint density at radius 1 is 1.36 bits per heavy atom. The molecule has 2 aromatic rings. The quantitative estimate of drug-likeness (QED) is 0.659. The largest absolute Gasteiger partial charge is 0.442 e. The zero-order valence-corrected chi connectivity index (χ0v) is 13.4. The third-order valence-corrected chi connectivity index (χ3v) is 3.60. The van der Waals surface area contributed by atoms with Crippen LogP contribution in [-0.2, 0) is 17.5 Å². The van der Waals surface area contributed by atoms with Crippen molar-refractivity contribution in [3.63, 3.8) is 0 Å². The molecule has 1 amide bonds. The van der Waals surface area contributed by atoms with Gasteiger partial charge in [0.2, 0.25) is 11.6 Å². The van der Waals surface area contributed by atoms with Gasteiger partial charge in [-0.2, -0.15) is 18.3 Å². The van der Waals surface area contributed by atoms with E-state index in [1.807, 2.05) is 6.07 Å². The molecule has 0 aliphatic carbocycles. The summed E-state index contributed by atoms with van der Waals surface area (Å²) in [5.41, 5.74) is -2.27. The molecule has 1 unspecified atom stereocenters. The third-order valence-electron chi connectivity index (χ3n) is 3.60. The van der Waals surface area contributed by atoms with E-state index in [2.05, 4.69) is 10.4 Å². The van der Waals surface area contributed by atoms with Gasteiger partial charge >= 0.3 is 11.9 Å². The lowest BCUT2D eigenvalue weighted by Gasteiger charge is -2.14. The summed E-state index contributed by atoms with van der Waals surface area (Å²) in [6, 6.07) is 8.58. The molecule has 0 aliphatic rings. The molecule has 134 valence electrons. The van der Waals surface area contributed by atoms with Crippen LogP contribution in [0.2, 0.25) is 0 Å². The molecule has 1 heterocycles. The van der Waals surface area contributed by atoms with Crippen LogP contribution >= 0.6 is 0 Å². The van der Waals surface area contributed by atoms with E-state index in [4.69, 9.17) is 0 Å². The molecule has 7 nitrogen and oxygen atoms in total. The van der Waals surface area contributed by atoms with E-state index in [9.17, 15) is 28.1 Å². The van der Waals surface area contributed by atoms with Gasteiger partial charge in [-0.1, -0.05) is 30.3 Å². The molecule has 0 saturated heterocycles. The zero-order valence-electron chi connectivity index (χ0n) is 13.4. The number of hydrogen-bond acceptors (Lipinski definition) is 4. The van der Waals surface area contributed by atoms with E-state index in [-0.39, 0.29) is 11.7 Å². The van der Waals surface area contributed by atoms with Crippen LogP contribution in [0.25, 0.3) is 0 Å². The standard InChI is InChI=1S/C15H15F3N4O3/c1-9(11-6-4-3-5-7-11)19-12(23)8-21-10(2)13(22(24)25)14(20-21)15(16,17)18/h3-7,9H,8H2,1-2H3,(H,19,23). The molecule has 25 heavy (non-hydrogen) atoms. The second-order valence-electron chi connectivity index (χ2n) is 5.40. The number of rotatable bonds is 5. The normalized spacial score (nSPS) is 12.7. The van der Waals surface area contributed by atoms with E-state index in [1.54, 1.807) is 31.2 Å². The minimum absolute atomic E-state index is 0.333. The van der Waals surface area contributed by atoms with Gasteiger partial charge in [0.05, 0.1) is 11.0 Å². The maximum atomic E-state index is 12.9. The smallest absolute Gasteiger partial charge is 0.348 e. The van der Waals surface area contributed by atoms with Gasteiger partial charge in [-0.15, -0.1) is 0 Å². The number of aromatic nitrogens is 2. The Kier molecular flexibility index (Phi) is 5.10. The molecule has 1 aromatic heterocycles. The Morgan fingerprint density at radius 2 is 1.96 bits per heavy atom. The average Bonchev–Trinajstić information content (AvgIpc) is 2.85. The molecule has 0 fully saturated rings. The van der Waals surface area contributed by atoms with Crippen molar-refractivity contribution in [3.8, 4) is 0 Å². The Bertz CT molecular complexity index is 787. The molecule has 0 spiro atoms. The Hall–Kier alpha value is -2.91. The number of halogens is 3. The van der Waals surface area contributed by atoms with E-state index in [1.165, 1.54) is 0 Å². The van der Waals surface area contributed by atoms with Gasteiger partial charge in [-0.05, 0) is 19.4 Å². The molecular formula is C15H15F3N4O3. The lowest BCUT2D eigenvalue weighted by atomic mass is 10.1. The first-order valence-corrected chi connectivity index (χ1v) is 7.24. The number of carbonyl (C=O) groups is 1. The maximum Gasteiger partial charge on any atom is 0.442 e. The number of nitrogens with one attached hydrogen (secondary N) is 1. The van der Waals surface area contributed by atoms with Gasteiger partial charge in [0.15, 0.2) is 0 Å². The average molecular weight is 356 g/mol. The molecule has 0 aliphatic heterocycles. The van der Waals surface area contributed by atoms with Gasteiger partial charge < -0.3 is 5.32 Å². The van der Waals surface area contributed by atoms with Crippen molar-refractivity contribution in [3.05, 3.63) is 57.4 Å². The van der Waals surface area contributed by atoms with Crippen LogP contribution in [0.4, 0.5) is 18.9 Å². The summed E-state index contributed by atoms with van der Waals surface area (Å²) in [5.74, 6) is -0.606. The van der Waals surface area contributed by atoms with Crippen molar-refractivity contribution in [2.24, 2.45) is 0 Å². The van der Waals surface area contributed by atoms with Gasteiger partial charge in [0.1, 0.15) is 12.2 Å². The van der Waals surface area contributed by atoms with Crippen LogP contribution in [0.15, 0.2) is 30.3 Å². The van der Waals surface area contributed by atoms with Crippen LogP contribution in [0.3, 0.4) is 0 Å². The highest BCUT2D eigenvalue weighted by atomic mass is 19.4. The van der Waals surface area contributed by atoms with E-state index in [0.29, 0.717) is 4.68 Å². The van der Waals surface area contributed by atoms with Gasteiger partial charge in [0, 0.05) is 0 Å². The van der Waals surface area contributed by atoms with Gasteiger partial charge in [-0.3, -0.25) is 19.6 Å². The number of alkyl halides is 3. The highest BCUT2D eigenvalue weighted by Crippen LogP contribution is 2.36. The fourth-order valence-electron chi connectivity index (χ4n) is 2.35. The number of hydrogen-bond donors (Lipinski definition) is 1. The fraction of sp³-hybridized carbons (Fsp3) is 0.333. The zero-order chi connectivity index (χ0) is 18.8. The molecule has 0 radical (unpaired) electrons. The van der Waals surface area contributed by atoms with Crippen molar-refractivity contribution in [2.45, 2.75) is 32.6 Å². The van der Waals surface area contributed by atoms with Crippen LogP contribution in [-0.4, -0.2) is 20.6 Å². The van der Waals surface area contributed by atoms with E-state index < -0.39 is 34.9 Å². The molecule has 0 bridgehead atoms. The Labute approximate surface area is 140 Å². The highest BCUT2D eigenvalue weighted by Gasteiger charge is 2.44. The number of nitro groups is 1. The van der Waals surface area contributed by atoms with Crippen molar-refractivity contribution in [1.82, 2.24) is 15.1 Å². The molecule has 10 heteroatoms. The predicted octanol–water partition coefficient (Wildman–Crippen LogP) is 3.00. The molecule has 1 aromatic carbocycles. The summed E-state index contributed by atoms with van der Waals surface area (Å²) in [5, 5.41) is 16.7.